The zero-order valence-electron chi connectivity index (χ0n) is 9.63. The molecule has 0 aromatic heterocycles. The summed E-state index contributed by atoms with van der Waals surface area (Å²) in [7, 11) is 0. The number of anilines is 1. The fourth-order valence-corrected chi connectivity index (χ4v) is 1.64. The Kier molecular flexibility index (Phi) is 4.77. The molecule has 0 radical (unpaired) electrons. The number of nitrogens with one attached hydrogen (secondary N) is 1. The molecule has 0 heterocycles. The minimum Gasteiger partial charge on any atom is -0.396 e. The number of rotatable bonds is 5. The molecule has 0 saturated carbocycles. The maximum Gasteiger partial charge on any atom is 0.0523 e. The van der Waals surface area contributed by atoms with Crippen LogP contribution in [-0.2, 0) is 0 Å². The minimum atomic E-state index is -0.491. The zero-order chi connectivity index (χ0) is 12.2. The van der Waals surface area contributed by atoms with Gasteiger partial charge in [-0.15, -0.1) is 0 Å². The predicted molar refractivity (Wildman–Crippen MR) is 69.6 cm³/mol. The van der Waals surface area contributed by atoms with E-state index in [0.717, 1.165) is 15.7 Å². The van der Waals surface area contributed by atoms with Crippen LogP contribution in [0, 0.1) is 12.3 Å². The van der Waals surface area contributed by atoms with Gasteiger partial charge in [-0.05, 0) is 24.6 Å². The first-order valence-corrected chi connectivity index (χ1v) is 6.02. The van der Waals surface area contributed by atoms with Crippen molar-refractivity contribution in [1.29, 1.82) is 0 Å². The highest BCUT2D eigenvalue weighted by Crippen LogP contribution is 2.25. The number of benzene rings is 1. The SMILES string of the molecule is Cc1c(Br)cccc1NCC(C)(CO)CO. The Bertz CT molecular complexity index is 351. The predicted octanol–water partition coefficient (Wildman–Crippen LogP) is 2.16. The lowest BCUT2D eigenvalue weighted by molar-refractivity contribution is 0.0806. The van der Waals surface area contributed by atoms with E-state index in [2.05, 4.69) is 21.2 Å². The van der Waals surface area contributed by atoms with Crippen molar-refractivity contribution in [2.75, 3.05) is 25.1 Å². The maximum atomic E-state index is 9.18. The molecule has 0 bridgehead atoms. The highest BCUT2D eigenvalue weighted by atomic mass is 79.9. The van der Waals surface area contributed by atoms with Gasteiger partial charge in [0.1, 0.15) is 0 Å². The summed E-state index contributed by atoms with van der Waals surface area (Å²) in [6, 6.07) is 5.92. The monoisotopic (exact) mass is 287 g/mol. The van der Waals surface area contributed by atoms with Crippen LogP contribution in [0.4, 0.5) is 5.69 Å². The van der Waals surface area contributed by atoms with Gasteiger partial charge in [0.15, 0.2) is 0 Å². The highest BCUT2D eigenvalue weighted by Gasteiger charge is 2.22. The number of hydrogen-bond donors (Lipinski definition) is 3. The minimum absolute atomic E-state index is 0.0381. The summed E-state index contributed by atoms with van der Waals surface area (Å²) in [5.41, 5.74) is 1.65. The van der Waals surface area contributed by atoms with Crippen molar-refractivity contribution >= 4 is 21.6 Å². The van der Waals surface area contributed by atoms with E-state index in [-0.39, 0.29) is 13.2 Å². The molecule has 0 atom stereocenters. The second-order valence-electron chi connectivity index (χ2n) is 4.39. The third-order valence-electron chi connectivity index (χ3n) is 2.74. The first kappa shape index (κ1) is 13.5. The Morgan fingerprint density at radius 2 is 1.94 bits per heavy atom. The van der Waals surface area contributed by atoms with Crippen LogP contribution in [0.5, 0.6) is 0 Å². The quantitative estimate of drug-likeness (QED) is 0.778. The second kappa shape index (κ2) is 5.66. The molecule has 16 heavy (non-hydrogen) atoms. The molecule has 90 valence electrons. The lowest BCUT2D eigenvalue weighted by atomic mass is 9.93. The number of aliphatic hydroxyl groups is 2. The van der Waals surface area contributed by atoms with Gasteiger partial charge < -0.3 is 15.5 Å². The van der Waals surface area contributed by atoms with Gasteiger partial charge in [-0.2, -0.15) is 0 Å². The molecule has 0 saturated heterocycles. The summed E-state index contributed by atoms with van der Waals surface area (Å²) >= 11 is 3.46. The molecular weight excluding hydrogens is 270 g/mol. The normalized spacial score (nSPS) is 11.6. The van der Waals surface area contributed by atoms with E-state index in [0.29, 0.717) is 6.54 Å². The van der Waals surface area contributed by atoms with E-state index in [1.54, 1.807) is 0 Å². The molecule has 0 aliphatic heterocycles. The van der Waals surface area contributed by atoms with Crippen molar-refractivity contribution < 1.29 is 10.2 Å². The molecule has 1 aromatic carbocycles. The lowest BCUT2D eigenvalue weighted by Crippen LogP contribution is -2.34. The standard InChI is InChI=1S/C12H18BrNO2/c1-9-10(13)4-3-5-11(9)14-6-12(2,7-15)8-16/h3-5,14-16H,6-8H2,1-2H3. The van der Waals surface area contributed by atoms with Crippen LogP contribution in [0.1, 0.15) is 12.5 Å². The molecule has 0 fully saturated rings. The van der Waals surface area contributed by atoms with Crippen molar-refractivity contribution in [3.8, 4) is 0 Å². The summed E-state index contributed by atoms with van der Waals surface area (Å²) in [5.74, 6) is 0. The third kappa shape index (κ3) is 3.20. The number of halogens is 1. The van der Waals surface area contributed by atoms with Crippen LogP contribution in [0.25, 0.3) is 0 Å². The van der Waals surface area contributed by atoms with E-state index < -0.39 is 5.41 Å². The van der Waals surface area contributed by atoms with E-state index in [1.165, 1.54) is 0 Å². The fourth-order valence-electron chi connectivity index (χ4n) is 1.27. The first-order chi connectivity index (χ1) is 7.52. The van der Waals surface area contributed by atoms with E-state index in [1.807, 2.05) is 32.0 Å². The Hall–Kier alpha value is -0.580. The largest absolute Gasteiger partial charge is 0.396 e. The van der Waals surface area contributed by atoms with Gasteiger partial charge in [0.25, 0.3) is 0 Å². The summed E-state index contributed by atoms with van der Waals surface area (Å²) in [6.07, 6.45) is 0. The average Bonchev–Trinajstić information content (AvgIpc) is 2.31. The lowest BCUT2D eigenvalue weighted by Gasteiger charge is -2.26. The molecular formula is C12H18BrNO2. The molecule has 1 rings (SSSR count). The van der Waals surface area contributed by atoms with Crippen molar-refractivity contribution in [2.24, 2.45) is 5.41 Å². The van der Waals surface area contributed by atoms with Crippen LogP contribution in [0.2, 0.25) is 0 Å². The van der Waals surface area contributed by atoms with Gasteiger partial charge in [0, 0.05) is 22.1 Å². The molecule has 0 unspecified atom stereocenters. The van der Waals surface area contributed by atoms with Gasteiger partial charge in [-0.3, -0.25) is 0 Å². The Morgan fingerprint density at radius 3 is 2.50 bits per heavy atom. The van der Waals surface area contributed by atoms with Crippen LogP contribution in [-0.4, -0.2) is 30.0 Å². The molecule has 3 nitrogen and oxygen atoms in total. The van der Waals surface area contributed by atoms with Crippen molar-refractivity contribution in [1.82, 2.24) is 0 Å². The number of hydrogen-bond acceptors (Lipinski definition) is 3. The van der Waals surface area contributed by atoms with Crippen LogP contribution in [0.15, 0.2) is 22.7 Å². The van der Waals surface area contributed by atoms with Gasteiger partial charge in [0.05, 0.1) is 13.2 Å². The molecule has 0 amide bonds. The summed E-state index contributed by atoms with van der Waals surface area (Å²) in [6.45, 7) is 4.32. The van der Waals surface area contributed by atoms with E-state index >= 15 is 0 Å². The topological polar surface area (TPSA) is 52.5 Å². The van der Waals surface area contributed by atoms with Crippen molar-refractivity contribution in [2.45, 2.75) is 13.8 Å². The molecule has 0 aliphatic carbocycles. The van der Waals surface area contributed by atoms with Gasteiger partial charge in [0.2, 0.25) is 0 Å². The Labute approximate surface area is 105 Å². The first-order valence-electron chi connectivity index (χ1n) is 5.23. The van der Waals surface area contributed by atoms with Crippen LogP contribution >= 0.6 is 15.9 Å². The summed E-state index contributed by atoms with van der Waals surface area (Å²) in [5, 5.41) is 21.6. The summed E-state index contributed by atoms with van der Waals surface area (Å²) in [4.78, 5) is 0. The second-order valence-corrected chi connectivity index (χ2v) is 5.25. The zero-order valence-corrected chi connectivity index (χ0v) is 11.2. The van der Waals surface area contributed by atoms with Crippen molar-refractivity contribution in [3.05, 3.63) is 28.2 Å². The number of aliphatic hydroxyl groups excluding tert-OH is 2. The third-order valence-corrected chi connectivity index (χ3v) is 3.60. The fraction of sp³-hybridized carbons (Fsp3) is 0.500. The average molecular weight is 288 g/mol. The summed E-state index contributed by atoms with van der Waals surface area (Å²) < 4.78 is 1.05. The van der Waals surface area contributed by atoms with E-state index in [4.69, 9.17) is 0 Å². The maximum absolute atomic E-state index is 9.18. The van der Waals surface area contributed by atoms with E-state index in [9.17, 15) is 10.2 Å². The Balaban J connectivity index is 2.71. The Morgan fingerprint density at radius 1 is 1.31 bits per heavy atom. The molecule has 3 N–H and O–H groups in total. The van der Waals surface area contributed by atoms with Gasteiger partial charge >= 0.3 is 0 Å². The molecule has 0 spiro atoms. The highest BCUT2D eigenvalue weighted by molar-refractivity contribution is 9.10. The van der Waals surface area contributed by atoms with Gasteiger partial charge in [-0.1, -0.05) is 28.9 Å². The smallest absolute Gasteiger partial charge is 0.0523 e. The molecule has 4 heteroatoms. The molecule has 1 aromatic rings. The van der Waals surface area contributed by atoms with Gasteiger partial charge in [-0.25, -0.2) is 0 Å². The van der Waals surface area contributed by atoms with Crippen LogP contribution in [0.3, 0.4) is 0 Å². The van der Waals surface area contributed by atoms with Crippen molar-refractivity contribution in [3.63, 3.8) is 0 Å². The van der Waals surface area contributed by atoms with Crippen LogP contribution < -0.4 is 5.32 Å². The molecule has 0 aliphatic rings.